The van der Waals surface area contributed by atoms with Gasteiger partial charge in [-0.1, -0.05) is 97.1 Å². The molecule has 0 unspecified atom stereocenters. The van der Waals surface area contributed by atoms with E-state index in [9.17, 15) is 0 Å². The Morgan fingerprint density at radius 2 is 0.571 bits per heavy atom. The van der Waals surface area contributed by atoms with Crippen LogP contribution >= 0.6 is 12.4 Å². The third kappa shape index (κ3) is 3.83. The van der Waals surface area contributed by atoms with Crippen LogP contribution in [0.4, 0.5) is 0 Å². The summed E-state index contributed by atoms with van der Waals surface area (Å²) in [5.74, 6) is 2.39. The van der Waals surface area contributed by atoms with Crippen molar-refractivity contribution in [1.29, 1.82) is 0 Å². The molecule has 0 saturated heterocycles. The Balaban J connectivity index is 0.00000144. The van der Waals surface area contributed by atoms with Crippen LogP contribution in [-0.2, 0) is 17.1 Å². The first kappa shape index (κ1) is 26.0. The first-order valence-electron chi connectivity index (χ1n) is 13.0. The molecule has 3 aromatic heterocycles. The predicted molar refractivity (Wildman–Crippen MR) is 163 cm³/mol. The van der Waals surface area contributed by atoms with Crippen molar-refractivity contribution in [3.63, 3.8) is 0 Å². The predicted octanol–water partition coefficient (Wildman–Crippen LogP) is 7.29. The molecule has 0 amide bonds. The molecule has 205 valence electrons. The van der Waals surface area contributed by atoms with Crippen molar-refractivity contribution >= 4 is 56.5 Å². The zero-order valence-corrected chi connectivity index (χ0v) is 23.4. The number of aromatic nitrogens is 8. The molecule has 0 atom stereocenters. The van der Waals surface area contributed by atoms with Crippen molar-refractivity contribution in [1.82, 2.24) is 39.9 Å². The number of fused-ring (bicyclic) bond motifs is 20. The minimum absolute atomic E-state index is 0. The van der Waals surface area contributed by atoms with Gasteiger partial charge in [-0.25, -0.2) is 29.9 Å². The molecule has 0 spiro atoms. The zero-order chi connectivity index (χ0) is 26.2. The van der Waals surface area contributed by atoms with Crippen molar-refractivity contribution in [2.45, 2.75) is 0 Å². The Morgan fingerprint density at radius 3 is 0.833 bits per heavy atom. The third-order valence-corrected chi connectivity index (χ3v) is 7.46. The Morgan fingerprint density at radius 1 is 0.333 bits per heavy atom. The SMILES string of the molecule is Cl.[Cu].c1ccc2c(c1)-c1nc-2nc2[nH]c(nc3nc(nc4[nH]c(n1)c1ccccc41)-c1ccccc1-3)c1ccccc21. The molecule has 10 heteroatoms. The summed E-state index contributed by atoms with van der Waals surface area (Å²) in [5, 5.41) is 3.82. The minimum atomic E-state index is 0. The number of nitrogens with zero attached hydrogens (tertiary/aromatic N) is 6. The zero-order valence-electron chi connectivity index (χ0n) is 21.6. The number of aromatic amines is 2. The maximum absolute atomic E-state index is 5.02. The summed E-state index contributed by atoms with van der Waals surface area (Å²) >= 11 is 0. The van der Waals surface area contributed by atoms with Crippen molar-refractivity contribution in [3.8, 4) is 45.6 Å². The smallest absolute Gasteiger partial charge is 0.164 e. The topological polar surface area (TPSA) is 109 Å². The van der Waals surface area contributed by atoms with Gasteiger partial charge in [0.15, 0.2) is 23.3 Å². The summed E-state index contributed by atoms with van der Waals surface area (Å²) in [7, 11) is 0. The van der Waals surface area contributed by atoms with Crippen LogP contribution in [0.2, 0.25) is 0 Å². The molecule has 4 aromatic carbocycles. The van der Waals surface area contributed by atoms with Crippen LogP contribution in [0, 0.1) is 0 Å². The number of hydrogen-bond acceptors (Lipinski definition) is 6. The van der Waals surface area contributed by atoms with Crippen molar-refractivity contribution in [2.24, 2.45) is 0 Å². The van der Waals surface area contributed by atoms with Gasteiger partial charge in [0, 0.05) is 60.9 Å². The Labute approximate surface area is 255 Å². The maximum atomic E-state index is 5.02. The summed E-state index contributed by atoms with van der Waals surface area (Å²) < 4.78 is 0. The van der Waals surface area contributed by atoms with Gasteiger partial charge in [-0.2, -0.15) is 0 Å². The molecule has 2 N–H and O–H groups in total. The standard InChI is InChI=1S/C32H18N8.ClH.Cu/c1-2-10-18-17(9-1)25-33-26(18)38-28-21-13-5-6-14-22(21)30(35-28)40-32-24-16-8-7-15-23(24)31(36-32)39-29-20-12-4-3-11-19(20)27(34-29)37-25;;/h1-16H,(H2,33,34,35,36,37,38,39,40);1H;. The van der Waals surface area contributed by atoms with E-state index < -0.39 is 0 Å². The molecular formula is C32H19ClCuN8. The van der Waals surface area contributed by atoms with Crippen LogP contribution in [0.25, 0.3) is 89.7 Å². The second kappa shape index (κ2) is 9.85. The van der Waals surface area contributed by atoms with E-state index in [2.05, 4.69) is 9.97 Å². The summed E-state index contributed by atoms with van der Waals surface area (Å²) in [6.07, 6.45) is 0. The van der Waals surface area contributed by atoms with E-state index in [1.54, 1.807) is 0 Å². The van der Waals surface area contributed by atoms with Gasteiger partial charge in [0.1, 0.15) is 22.6 Å². The molecule has 2 aliphatic rings. The molecule has 0 saturated carbocycles. The fraction of sp³-hybridized carbons (Fsp3) is 0. The molecule has 42 heavy (non-hydrogen) atoms. The molecule has 0 aliphatic carbocycles. The summed E-state index contributed by atoms with van der Waals surface area (Å²) in [6.45, 7) is 0. The Hall–Kier alpha value is -4.95. The van der Waals surface area contributed by atoms with Gasteiger partial charge in [-0.05, 0) is 0 Å². The van der Waals surface area contributed by atoms with E-state index in [0.29, 0.717) is 45.9 Å². The van der Waals surface area contributed by atoms with Gasteiger partial charge in [0.2, 0.25) is 0 Å². The first-order chi connectivity index (χ1) is 19.8. The Kier molecular flexibility index (Phi) is 6.09. The van der Waals surface area contributed by atoms with E-state index in [0.717, 1.165) is 43.8 Å². The van der Waals surface area contributed by atoms with Crippen LogP contribution in [0.3, 0.4) is 0 Å². The van der Waals surface area contributed by atoms with Gasteiger partial charge in [0.25, 0.3) is 0 Å². The van der Waals surface area contributed by atoms with Crippen LogP contribution in [-0.4, -0.2) is 39.9 Å². The van der Waals surface area contributed by atoms with E-state index in [4.69, 9.17) is 29.9 Å². The van der Waals surface area contributed by atoms with Crippen LogP contribution in [0.15, 0.2) is 97.1 Å². The van der Waals surface area contributed by atoms with Gasteiger partial charge in [0.05, 0.1) is 0 Å². The van der Waals surface area contributed by atoms with Gasteiger partial charge >= 0.3 is 0 Å². The fourth-order valence-electron chi connectivity index (χ4n) is 5.59. The van der Waals surface area contributed by atoms with Crippen molar-refractivity contribution in [3.05, 3.63) is 97.1 Å². The summed E-state index contributed by atoms with van der Waals surface area (Å²) in [6, 6.07) is 32.2. The maximum Gasteiger partial charge on any atom is 0.164 e. The summed E-state index contributed by atoms with van der Waals surface area (Å²) in [5.41, 5.74) is 6.45. The largest absolute Gasteiger partial charge is 0.324 e. The number of rotatable bonds is 0. The summed E-state index contributed by atoms with van der Waals surface area (Å²) in [4.78, 5) is 36.8. The van der Waals surface area contributed by atoms with Crippen LogP contribution in [0.1, 0.15) is 0 Å². The van der Waals surface area contributed by atoms with Crippen molar-refractivity contribution < 1.29 is 17.1 Å². The van der Waals surface area contributed by atoms with E-state index in [-0.39, 0.29) is 29.5 Å². The van der Waals surface area contributed by atoms with Crippen LogP contribution < -0.4 is 0 Å². The Bertz CT molecular complexity index is 2040. The molecule has 7 aromatic rings. The number of halogens is 1. The normalized spacial score (nSPS) is 11.4. The number of hydrogen-bond donors (Lipinski definition) is 2. The van der Waals surface area contributed by atoms with Gasteiger partial charge in [-0.3, -0.25) is 0 Å². The average Bonchev–Trinajstić information content (AvgIpc) is 3.73. The van der Waals surface area contributed by atoms with Crippen molar-refractivity contribution in [2.75, 3.05) is 0 Å². The van der Waals surface area contributed by atoms with E-state index in [1.807, 2.05) is 97.1 Å². The van der Waals surface area contributed by atoms with Crippen LogP contribution in [0.5, 0.6) is 0 Å². The molecule has 1 radical (unpaired) electrons. The average molecular weight is 615 g/mol. The van der Waals surface area contributed by atoms with Gasteiger partial charge in [-0.15, -0.1) is 12.4 Å². The molecule has 8 bridgehead atoms. The molecular weight excluding hydrogens is 595 g/mol. The molecule has 9 rings (SSSR count). The second-order valence-corrected chi connectivity index (χ2v) is 9.79. The first-order valence-corrected chi connectivity index (χ1v) is 13.0. The second-order valence-electron chi connectivity index (χ2n) is 9.79. The number of benzene rings is 4. The third-order valence-electron chi connectivity index (χ3n) is 7.46. The van der Waals surface area contributed by atoms with E-state index in [1.165, 1.54) is 0 Å². The molecule has 0 fully saturated rings. The van der Waals surface area contributed by atoms with Gasteiger partial charge < -0.3 is 9.97 Å². The monoisotopic (exact) mass is 613 g/mol. The molecule has 8 nitrogen and oxygen atoms in total. The number of H-pyrrole nitrogens is 2. The fourth-order valence-corrected chi connectivity index (χ4v) is 5.59. The molecule has 5 heterocycles. The quantitative estimate of drug-likeness (QED) is 0.174. The molecule has 2 aliphatic heterocycles. The number of nitrogens with one attached hydrogen (secondary N) is 2. The van der Waals surface area contributed by atoms with E-state index >= 15 is 0 Å². The minimum Gasteiger partial charge on any atom is -0.324 e.